The SMILES string of the molecule is CC(=O)Nc1cccc(C(=O)Nc2ccc(N3CCCC3)nc2)c1. The first-order valence-corrected chi connectivity index (χ1v) is 8.02. The van der Waals surface area contributed by atoms with Gasteiger partial charge < -0.3 is 15.5 Å². The molecule has 0 unspecified atom stereocenters. The Morgan fingerprint density at radius 3 is 2.50 bits per heavy atom. The van der Waals surface area contributed by atoms with Crippen molar-refractivity contribution in [2.24, 2.45) is 0 Å². The van der Waals surface area contributed by atoms with E-state index in [1.165, 1.54) is 19.8 Å². The average molecular weight is 324 g/mol. The van der Waals surface area contributed by atoms with Gasteiger partial charge in [0.1, 0.15) is 5.82 Å². The highest BCUT2D eigenvalue weighted by molar-refractivity contribution is 6.05. The van der Waals surface area contributed by atoms with Crippen molar-refractivity contribution in [2.75, 3.05) is 28.6 Å². The van der Waals surface area contributed by atoms with Crippen LogP contribution >= 0.6 is 0 Å². The number of hydrogen-bond acceptors (Lipinski definition) is 4. The fourth-order valence-electron chi connectivity index (χ4n) is 2.74. The van der Waals surface area contributed by atoms with E-state index in [-0.39, 0.29) is 11.8 Å². The second-order valence-electron chi connectivity index (χ2n) is 5.82. The first kappa shape index (κ1) is 16.0. The van der Waals surface area contributed by atoms with Crippen LogP contribution in [0.1, 0.15) is 30.1 Å². The van der Waals surface area contributed by atoms with Crippen LogP contribution in [0, 0.1) is 0 Å². The predicted octanol–water partition coefficient (Wildman–Crippen LogP) is 2.89. The molecule has 2 N–H and O–H groups in total. The van der Waals surface area contributed by atoms with E-state index in [4.69, 9.17) is 0 Å². The number of anilines is 3. The minimum Gasteiger partial charge on any atom is -0.357 e. The van der Waals surface area contributed by atoms with Gasteiger partial charge in [0.15, 0.2) is 0 Å². The van der Waals surface area contributed by atoms with Crippen molar-refractivity contribution in [1.82, 2.24) is 4.98 Å². The number of amides is 2. The molecule has 2 heterocycles. The van der Waals surface area contributed by atoms with Gasteiger partial charge in [-0.2, -0.15) is 0 Å². The fraction of sp³-hybridized carbons (Fsp3) is 0.278. The largest absolute Gasteiger partial charge is 0.357 e. The molecule has 0 bridgehead atoms. The Hall–Kier alpha value is -2.89. The number of aromatic nitrogens is 1. The maximum atomic E-state index is 12.3. The van der Waals surface area contributed by atoms with Gasteiger partial charge in [-0.1, -0.05) is 6.07 Å². The summed E-state index contributed by atoms with van der Waals surface area (Å²) < 4.78 is 0. The normalized spacial score (nSPS) is 13.6. The van der Waals surface area contributed by atoms with Crippen molar-refractivity contribution in [1.29, 1.82) is 0 Å². The van der Waals surface area contributed by atoms with E-state index >= 15 is 0 Å². The molecule has 1 saturated heterocycles. The molecule has 1 aliphatic rings. The summed E-state index contributed by atoms with van der Waals surface area (Å²) in [5, 5.41) is 5.49. The monoisotopic (exact) mass is 324 g/mol. The maximum Gasteiger partial charge on any atom is 0.255 e. The van der Waals surface area contributed by atoms with Crippen molar-refractivity contribution in [3.8, 4) is 0 Å². The Morgan fingerprint density at radius 2 is 1.83 bits per heavy atom. The van der Waals surface area contributed by atoms with Crippen LogP contribution in [0.2, 0.25) is 0 Å². The van der Waals surface area contributed by atoms with E-state index in [0.29, 0.717) is 16.9 Å². The predicted molar refractivity (Wildman–Crippen MR) is 94.4 cm³/mol. The molecule has 0 atom stereocenters. The molecule has 1 aromatic carbocycles. The zero-order valence-corrected chi connectivity index (χ0v) is 13.6. The van der Waals surface area contributed by atoms with Crippen molar-refractivity contribution in [3.63, 3.8) is 0 Å². The summed E-state index contributed by atoms with van der Waals surface area (Å²) >= 11 is 0. The second-order valence-corrected chi connectivity index (χ2v) is 5.82. The van der Waals surface area contributed by atoms with Crippen LogP contribution in [0.4, 0.5) is 17.2 Å². The summed E-state index contributed by atoms with van der Waals surface area (Å²) in [6.07, 6.45) is 4.07. The minimum absolute atomic E-state index is 0.172. The second kappa shape index (κ2) is 7.12. The summed E-state index contributed by atoms with van der Waals surface area (Å²) in [5.74, 6) is 0.533. The van der Waals surface area contributed by atoms with Gasteiger partial charge in [0.25, 0.3) is 5.91 Å². The third kappa shape index (κ3) is 3.90. The van der Waals surface area contributed by atoms with Gasteiger partial charge in [0.05, 0.1) is 11.9 Å². The van der Waals surface area contributed by atoms with E-state index in [1.807, 2.05) is 12.1 Å². The van der Waals surface area contributed by atoms with Gasteiger partial charge in [-0.15, -0.1) is 0 Å². The van der Waals surface area contributed by atoms with Crippen LogP contribution in [0.25, 0.3) is 0 Å². The highest BCUT2D eigenvalue weighted by Crippen LogP contribution is 2.19. The summed E-state index contributed by atoms with van der Waals surface area (Å²) in [6, 6.07) is 10.6. The van der Waals surface area contributed by atoms with Crippen LogP contribution < -0.4 is 15.5 Å². The molecular weight excluding hydrogens is 304 g/mol. The van der Waals surface area contributed by atoms with E-state index < -0.39 is 0 Å². The molecule has 2 aromatic rings. The van der Waals surface area contributed by atoms with Crippen molar-refractivity contribution < 1.29 is 9.59 Å². The maximum absolute atomic E-state index is 12.3. The van der Waals surface area contributed by atoms with Crippen molar-refractivity contribution >= 4 is 29.0 Å². The standard InChI is InChI=1S/C18H20N4O2/c1-13(23)20-15-6-4-5-14(11-15)18(24)21-16-7-8-17(19-12-16)22-9-2-3-10-22/h4-8,11-12H,2-3,9-10H2,1H3,(H,20,23)(H,21,24). The van der Waals surface area contributed by atoms with Gasteiger partial charge in [0.2, 0.25) is 5.91 Å². The molecule has 0 spiro atoms. The number of benzene rings is 1. The fourth-order valence-corrected chi connectivity index (χ4v) is 2.74. The smallest absolute Gasteiger partial charge is 0.255 e. The molecule has 124 valence electrons. The van der Waals surface area contributed by atoms with E-state index in [0.717, 1.165) is 18.9 Å². The summed E-state index contributed by atoms with van der Waals surface area (Å²) in [6.45, 7) is 3.50. The molecule has 1 fully saturated rings. The van der Waals surface area contributed by atoms with Gasteiger partial charge >= 0.3 is 0 Å². The van der Waals surface area contributed by atoms with E-state index in [1.54, 1.807) is 30.5 Å². The Bertz CT molecular complexity index is 737. The quantitative estimate of drug-likeness (QED) is 0.907. The first-order valence-electron chi connectivity index (χ1n) is 8.02. The van der Waals surface area contributed by atoms with Crippen molar-refractivity contribution in [3.05, 3.63) is 48.2 Å². The number of carbonyl (C=O) groups is 2. The Labute approximate surface area is 140 Å². The summed E-state index contributed by atoms with van der Waals surface area (Å²) in [5.41, 5.74) is 1.72. The molecule has 1 aliphatic heterocycles. The lowest BCUT2D eigenvalue weighted by Gasteiger charge is -2.16. The Kier molecular flexibility index (Phi) is 4.74. The summed E-state index contributed by atoms with van der Waals surface area (Å²) in [4.78, 5) is 30.1. The van der Waals surface area contributed by atoms with E-state index in [9.17, 15) is 9.59 Å². The third-order valence-corrected chi connectivity index (χ3v) is 3.88. The van der Waals surface area contributed by atoms with Gasteiger partial charge in [-0.3, -0.25) is 9.59 Å². The Balaban J connectivity index is 1.67. The number of pyridine rings is 1. The molecule has 0 saturated carbocycles. The van der Waals surface area contributed by atoms with Crippen LogP contribution in [0.15, 0.2) is 42.6 Å². The highest BCUT2D eigenvalue weighted by Gasteiger charge is 2.13. The molecule has 6 heteroatoms. The number of nitrogens with one attached hydrogen (secondary N) is 2. The van der Waals surface area contributed by atoms with Gasteiger partial charge in [-0.05, 0) is 43.2 Å². The average Bonchev–Trinajstić information content (AvgIpc) is 3.09. The van der Waals surface area contributed by atoms with Gasteiger partial charge in [0, 0.05) is 31.3 Å². The topological polar surface area (TPSA) is 74.3 Å². The molecule has 0 radical (unpaired) electrons. The molecule has 3 rings (SSSR count). The van der Waals surface area contributed by atoms with Crippen molar-refractivity contribution in [2.45, 2.75) is 19.8 Å². The third-order valence-electron chi connectivity index (χ3n) is 3.88. The zero-order chi connectivity index (χ0) is 16.9. The number of carbonyl (C=O) groups excluding carboxylic acids is 2. The molecule has 24 heavy (non-hydrogen) atoms. The first-order chi connectivity index (χ1) is 11.6. The number of rotatable bonds is 4. The van der Waals surface area contributed by atoms with E-state index in [2.05, 4.69) is 20.5 Å². The molecule has 0 aliphatic carbocycles. The van der Waals surface area contributed by atoms with Crippen LogP contribution in [0.3, 0.4) is 0 Å². The molecule has 2 amide bonds. The lowest BCUT2D eigenvalue weighted by molar-refractivity contribution is -0.114. The van der Waals surface area contributed by atoms with Crippen LogP contribution in [-0.2, 0) is 4.79 Å². The zero-order valence-electron chi connectivity index (χ0n) is 13.6. The number of nitrogens with zero attached hydrogens (tertiary/aromatic N) is 2. The summed E-state index contributed by atoms with van der Waals surface area (Å²) in [7, 11) is 0. The van der Waals surface area contributed by atoms with Crippen LogP contribution in [-0.4, -0.2) is 29.9 Å². The lowest BCUT2D eigenvalue weighted by atomic mass is 10.2. The van der Waals surface area contributed by atoms with Gasteiger partial charge in [-0.25, -0.2) is 4.98 Å². The highest BCUT2D eigenvalue weighted by atomic mass is 16.2. The molecular formula is C18H20N4O2. The number of hydrogen-bond donors (Lipinski definition) is 2. The Morgan fingerprint density at radius 1 is 1.04 bits per heavy atom. The molecule has 6 nitrogen and oxygen atoms in total. The lowest BCUT2D eigenvalue weighted by Crippen LogP contribution is -2.19. The molecule has 1 aromatic heterocycles. The minimum atomic E-state index is -0.238. The van der Waals surface area contributed by atoms with Crippen LogP contribution in [0.5, 0.6) is 0 Å².